The van der Waals surface area contributed by atoms with Gasteiger partial charge in [0.25, 0.3) is 0 Å². The van der Waals surface area contributed by atoms with Gasteiger partial charge in [0.1, 0.15) is 6.04 Å². The molecule has 8 nitrogen and oxygen atoms in total. The van der Waals surface area contributed by atoms with Crippen molar-refractivity contribution in [3.8, 4) is 0 Å². The van der Waals surface area contributed by atoms with Crippen molar-refractivity contribution in [2.45, 2.75) is 24.8 Å². The van der Waals surface area contributed by atoms with Gasteiger partial charge in [0.05, 0.1) is 4.90 Å². The van der Waals surface area contributed by atoms with Crippen molar-refractivity contribution in [2.75, 3.05) is 10.6 Å². The fourth-order valence-electron chi connectivity index (χ4n) is 2.34. The summed E-state index contributed by atoms with van der Waals surface area (Å²) in [6.07, 6.45) is 0. The molecule has 1 atom stereocenters. The maximum absolute atomic E-state index is 12.6. The number of anilines is 2. The first kappa shape index (κ1) is 20.4. The number of hydrogen-bond acceptors (Lipinski definition) is 4. The van der Waals surface area contributed by atoms with Crippen LogP contribution in [0.1, 0.15) is 13.8 Å². The lowest BCUT2D eigenvalue weighted by atomic mass is 10.0. The quantitative estimate of drug-likeness (QED) is 0.602. The number of nitrogens with two attached hydrogens (primary N) is 1. The Balaban J connectivity index is 2.08. The van der Waals surface area contributed by atoms with Gasteiger partial charge in [-0.1, -0.05) is 38.1 Å². The number of urea groups is 1. The van der Waals surface area contributed by atoms with Gasteiger partial charge in [-0.2, -0.15) is 0 Å². The molecular formula is C18H22N4O4S. The number of nitrogens with one attached hydrogen (secondary N) is 3. The van der Waals surface area contributed by atoms with E-state index in [-0.39, 0.29) is 16.5 Å². The molecule has 27 heavy (non-hydrogen) atoms. The molecular weight excluding hydrogens is 368 g/mol. The van der Waals surface area contributed by atoms with Crippen LogP contribution >= 0.6 is 0 Å². The van der Waals surface area contributed by atoms with E-state index < -0.39 is 28.0 Å². The average molecular weight is 390 g/mol. The maximum Gasteiger partial charge on any atom is 0.319 e. The number of sulfonamides is 1. The second-order valence-electron chi connectivity index (χ2n) is 6.25. The lowest BCUT2D eigenvalue weighted by Gasteiger charge is -2.22. The highest BCUT2D eigenvalue weighted by molar-refractivity contribution is 7.89. The van der Waals surface area contributed by atoms with Crippen LogP contribution in [0.25, 0.3) is 0 Å². The molecule has 0 radical (unpaired) electrons. The van der Waals surface area contributed by atoms with Gasteiger partial charge in [0, 0.05) is 11.4 Å². The average Bonchev–Trinajstić information content (AvgIpc) is 2.59. The van der Waals surface area contributed by atoms with Gasteiger partial charge in [0.15, 0.2) is 0 Å². The number of primary sulfonamides is 1. The predicted octanol–water partition coefficient (Wildman–Crippen LogP) is 2.12. The first-order valence-electron chi connectivity index (χ1n) is 8.23. The summed E-state index contributed by atoms with van der Waals surface area (Å²) in [4.78, 5) is 24.6. The highest BCUT2D eigenvalue weighted by Gasteiger charge is 2.24. The van der Waals surface area contributed by atoms with Crippen LogP contribution < -0.4 is 21.1 Å². The van der Waals surface area contributed by atoms with Gasteiger partial charge in [-0.05, 0) is 36.2 Å². The Labute approximate surface area is 158 Å². The predicted molar refractivity (Wildman–Crippen MR) is 104 cm³/mol. The summed E-state index contributed by atoms with van der Waals surface area (Å²) >= 11 is 0. The van der Waals surface area contributed by atoms with Gasteiger partial charge >= 0.3 is 6.03 Å². The third-order valence-corrected chi connectivity index (χ3v) is 4.61. The minimum Gasteiger partial charge on any atom is -0.326 e. The molecule has 0 spiro atoms. The van der Waals surface area contributed by atoms with Crippen molar-refractivity contribution >= 4 is 33.3 Å². The number of carbonyl (C=O) groups excluding carboxylic acids is 2. The second kappa shape index (κ2) is 8.65. The molecule has 3 amide bonds. The molecule has 0 bridgehead atoms. The maximum atomic E-state index is 12.6. The zero-order valence-electron chi connectivity index (χ0n) is 15.0. The van der Waals surface area contributed by atoms with Crippen LogP contribution in [0.15, 0.2) is 59.5 Å². The van der Waals surface area contributed by atoms with Crippen LogP contribution in [0.3, 0.4) is 0 Å². The first-order valence-corrected chi connectivity index (χ1v) is 9.78. The number of amides is 3. The van der Waals surface area contributed by atoms with E-state index in [0.29, 0.717) is 5.69 Å². The Hall–Kier alpha value is -2.91. The summed E-state index contributed by atoms with van der Waals surface area (Å²) in [5.74, 6) is -0.673. The zero-order chi connectivity index (χ0) is 20.0. The molecule has 0 aliphatic rings. The Morgan fingerprint density at radius 2 is 1.56 bits per heavy atom. The SMILES string of the molecule is CC(C)[C@@H](NC(=O)Nc1ccccc1)C(=O)Nc1cccc(S(N)(=O)=O)c1. The van der Waals surface area contributed by atoms with Crippen LogP contribution in [0, 0.1) is 5.92 Å². The third-order valence-electron chi connectivity index (χ3n) is 3.70. The fraction of sp³-hybridized carbons (Fsp3) is 0.222. The number of carbonyl (C=O) groups is 2. The summed E-state index contributed by atoms with van der Waals surface area (Å²) in [7, 11) is -3.88. The van der Waals surface area contributed by atoms with Crippen LogP contribution in [-0.2, 0) is 14.8 Å². The van der Waals surface area contributed by atoms with E-state index in [2.05, 4.69) is 16.0 Å². The van der Waals surface area contributed by atoms with E-state index >= 15 is 0 Å². The number of hydrogen-bond donors (Lipinski definition) is 4. The Bertz CT molecular complexity index is 914. The van der Waals surface area contributed by atoms with Gasteiger partial charge in [-0.25, -0.2) is 18.4 Å². The van der Waals surface area contributed by atoms with Crippen LogP contribution in [0.4, 0.5) is 16.2 Å². The first-order chi connectivity index (χ1) is 12.7. The second-order valence-corrected chi connectivity index (χ2v) is 7.81. The molecule has 0 aliphatic carbocycles. The van der Waals surface area contributed by atoms with E-state index in [4.69, 9.17) is 5.14 Å². The van der Waals surface area contributed by atoms with E-state index in [9.17, 15) is 18.0 Å². The molecule has 0 heterocycles. The molecule has 2 aromatic carbocycles. The molecule has 0 saturated heterocycles. The summed E-state index contributed by atoms with van der Waals surface area (Å²) < 4.78 is 22.9. The molecule has 0 unspecified atom stereocenters. The normalized spacial score (nSPS) is 12.3. The van der Waals surface area contributed by atoms with Crippen molar-refractivity contribution in [1.29, 1.82) is 0 Å². The topological polar surface area (TPSA) is 130 Å². The lowest BCUT2D eigenvalue weighted by Crippen LogP contribution is -2.48. The molecule has 144 valence electrons. The van der Waals surface area contributed by atoms with E-state index in [1.165, 1.54) is 24.3 Å². The molecule has 0 fully saturated rings. The summed E-state index contributed by atoms with van der Waals surface area (Å²) in [5.41, 5.74) is 0.862. The molecule has 2 aromatic rings. The van der Waals surface area contributed by atoms with Gasteiger partial charge < -0.3 is 16.0 Å². The highest BCUT2D eigenvalue weighted by atomic mass is 32.2. The molecule has 0 aliphatic heterocycles. The monoisotopic (exact) mass is 390 g/mol. The van der Waals surface area contributed by atoms with Crippen LogP contribution in [0.2, 0.25) is 0 Å². The van der Waals surface area contributed by atoms with Crippen LogP contribution in [0.5, 0.6) is 0 Å². The number of para-hydroxylation sites is 1. The Morgan fingerprint density at radius 1 is 0.926 bits per heavy atom. The number of benzene rings is 2. The molecule has 9 heteroatoms. The summed E-state index contributed by atoms with van der Waals surface area (Å²) in [5, 5.41) is 13.0. The largest absolute Gasteiger partial charge is 0.326 e. The fourth-order valence-corrected chi connectivity index (χ4v) is 2.90. The van der Waals surface area contributed by atoms with Gasteiger partial charge in [0.2, 0.25) is 15.9 Å². The minimum atomic E-state index is -3.88. The Morgan fingerprint density at radius 3 is 2.15 bits per heavy atom. The van der Waals surface area contributed by atoms with E-state index in [1.807, 2.05) is 6.07 Å². The van der Waals surface area contributed by atoms with Crippen molar-refractivity contribution in [3.63, 3.8) is 0 Å². The van der Waals surface area contributed by atoms with Crippen molar-refractivity contribution in [3.05, 3.63) is 54.6 Å². The summed E-state index contributed by atoms with van der Waals surface area (Å²) in [6.45, 7) is 3.57. The van der Waals surface area contributed by atoms with Crippen LogP contribution in [-0.4, -0.2) is 26.4 Å². The smallest absolute Gasteiger partial charge is 0.319 e. The minimum absolute atomic E-state index is 0.115. The Kier molecular flexibility index (Phi) is 6.54. The zero-order valence-corrected chi connectivity index (χ0v) is 15.8. The molecule has 0 saturated carbocycles. The van der Waals surface area contributed by atoms with Gasteiger partial charge in [-0.15, -0.1) is 0 Å². The third kappa shape index (κ3) is 6.08. The highest BCUT2D eigenvalue weighted by Crippen LogP contribution is 2.15. The molecule has 5 N–H and O–H groups in total. The van der Waals surface area contributed by atoms with Crippen molar-refractivity contribution < 1.29 is 18.0 Å². The standard InChI is InChI=1S/C18H22N4O4S/c1-12(2)16(22-18(24)21-13-7-4-3-5-8-13)17(23)20-14-9-6-10-15(11-14)27(19,25)26/h3-12,16H,1-2H3,(H,20,23)(H2,19,25,26)(H2,21,22,24)/t16-/m1/s1. The van der Waals surface area contributed by atoms with E-state index in [1.54, 1.807) is 38.1 Å². The molecule has 0 aromatic heterocycles. The summed E-state index contributed by atoms with van der Waals surface area (Å²) in [6, 6.07) is 13.1. The van der Waals surface area contributed by atoms with E-state index in [0.717, 1.165) is 0 Å². The van der Waals surface area contributed by atoms with Crippen molar-refractivity contribution in [2.24, 2.45) is 11.1 Å². The number of rotatable bonds is 6. The van der Waals surface area contributed by atoms with Crippen molar-refractivity contribution in [1.82, 2.24) is 5.32 Å². The van der Waals surface area contributed by atoms with Gasteiger partial charge in [-0.3, -0.25) is 4.79 Å². The lowest BCUT2D eigenvalue weighted by molar-refractivity contribution is -0.118. The molecule has 2 rings (SSSR count).